The molecule has 5 nitrogen and oxygen atoms in total. The van der Waals surface area contributed by atoms with Gasteiger partial charge in [-0.15, -0.1) is 0 Å². The van der Waals surface area contributed by atoms with Crippen molar-refractivity contribution in [1.82, 2.24) is 9.97 Å². The molecule has 3 N–H and O–H groups in total. The molecule has 0 atom stereocenters. The first kappa shape index (κ1) is 11.1. The highest BCUT2D eigenvalue weighted by atomic mass is 15.3. The molecule has 1 fully saturated rings. The molecule has 1 aromatic rings. The number of nitrogens with one attached hydrogen (secondary N) is 1. The van der Waals surface area contributed by atoms with Gasteiger partial charge in [-0.25, -0.2) is 10.8 Å². The summed E-state index contributed by atoms with van der Waals surface area (Å²) in [7, 11) is 0. The normalized spacial score (nSPS) is 15.2. The Morgan fingerprint density at radius 2 is 2.31 bits per heavy atom. The lowest BCUT2D eigenvalue weighted by atomic mass is 10.2. The molecule has 0 aliphatic heterocycles. The fourth-order valence-electron chi connectivity index (χ4n) is 1.79. The number of nitrogens with two attached hydrogens (primary N) is 1. The number of hydrogen-bond donors (Lipinski definition) is 2. The van der Waals surface area contributed by atoms with Gasteiger partial charge in [-0.3, -0.25) is 5.43 Å². The Bertz CT molecular complexity index is 348. The Balaban J connectivity index is 2.16. The summed E-state index contributed by atoms with van der Waals surface area (Å²) in [4.78, 5) is 10.8. The quantitative estimate of drug-likeness (QED) is 0.581. The molecule has 0 saturated heterocycles. The minimum atomic E-state index is 0.479. The van der Waals surface area contributed by atoms with Gasteiger partial charge in [0.2, 0.25) is 5.95 Å². The molecule has 1 heterocycles. The van der Waals surface area contributed by atoms with Gasteiger partial charge in [0.1, 0.15) is 5.82 Å². The first-order chi connectivity index (χ1) is 7.70. The zero-order chi connectivity index (χ0) is 11.5. The van der Waals surface area contributed by atoms with Crippen molar-refractivity contribution in [2.75, 3.05) is 16.9 Å². The van der Waals surface area contributed by atoms with Crippen molar-refractivity contribution in [3.05, 3.63) is 12.3 Å². The van der Waals surface area contributed by atoms with Crippen LogP contribution in [0.1, 0.15) is 26.7 Å². The van der Waals surface area contributed by atoms with E-state index in [9.17, 15) is 0 Å². The minimum absolute atomic E-state index is 0.479. The Kier molecular flexibility index (Phi) is 3.24. The largest absolute Gasteiger partial charge is 0.353 e. The van der Waals surface area contributed by atoms with Crippen LogP contribution in [0.4, 0.5) is 11.8 Å². The zero-order valence-corrected chi connectivity index (χ0v) is 9.85. The Morgan fingerprint density at radius 1 is 1.56 bits per heavy atom. The predicted octanol–water partition coefficient (Wildman–Crippen LogP) is 1.39. The van der Waals surface area contributed by atoms with E-state index in [1.807, 2.05) is 6.07 Å². The van der Waals surface area contributed by atoms with E-state index in [1.165, 1.54) is 12.8 Å². The number of rotatable bonds is 5. The van der Waals surface area contributed by atoms with Gasteiger partial charge in [0, 0.05) is 18.8 Å². The number of nitrogen functional groups attached to an aromatic ring is 1. The van der Waals surface area contributed by atoms with Gasteiger partial charge in [0.15, 0.2) is 0 Å². The first-order valence-electron chi connectivity index (χ1n) is 5.77. The SMILES string of the molecule is CC(C)CN(c1ccnc(NN)n1)C1CC1. The molecular formula is C11H19N5. The standard InChI is InChI=1S/C11H19N5/c1-8(2)7-16(9-3-4-9)10-5-6-13-11(14-10)15-12/h5-6,8-9H,3-4,7,12H2,1-2H3,(H,13,14,15). The molecule has 2 rings (SSSR count). The maximum absolute atomic E-state index is 5.32. The monoisotopic (exact) mass is 221 g/mol. The number of hydrogen-bond acceptors (Lipinski definition) is 5. The van der Waals surface area contributed by atoms with Crippen LogP contribution in [0.5, 0.6) is 0 Å². The molecule has 0 bridgehead atoms. The second kappa shape index (κ2) is 4.65. The van der Waals surface area contributed by atoms with Crippen molar-refractivity contribution >= 4 is 11.8 Å². The third-order valence-corrected chi connectivity index (χ3v) is 2.61. The summed E-state index contributed by atoms with van der Waals surface area (Å²) in [5, 5.41) is 0. The summed E-state index contributed by atoms with van der Waals surface area (Å²) >= 11 is 0. The second-order valence-electron chi connectivity index (χ2n) is 4.66. The van der Waals surface area contributed by atoms with Crippen LogP contribution in [-0.2, 0) is 0 Å². The summed E-state index contributed by atoms with van der Waals surface area (Å²) in [5.74, 6) is 7.40. The van der Waals surface area contributed by atoms with Crippen molar-refractivity contribution in [3.63, 3.8) is 0 Å². The number of aromatic nitrogens is 2. The fourth-order valence-corrected chi connectivity index (χ4v) is 1.79. The molecule has 1 aliphatic rings. The van der Waals surface area contributed by atoms with Crippen LogP contribution in [0.3, 0.4) is 0 Å². The third-order valence-electron chi connectivity index (χ3n) is 2.61. The Morgan fingerprint density at radius 3 is 2.88 bits per heavy atom. The summed E-state index contributed by atoms with van der Waals surface area (Å²) in [5.41, 5.74) is 2.49. The summed E-state index contributed by atoms with van der Waals surface area (Å²) in [6, 6.07) is 2.60. The van der Waals surface area contributed by atoms with Crippen LogP contribution >= 0.6 is 0 Å². The summed E-state index contributed by atoms with van der Waals surface area (Å²) < 4.78 is 0. The van der Waals surface area contributed by atoms with Gasteiger partial charge in [-0.05, 0) is 24.8 Å². The van der Waals surface area contributed by atoms with Crippen molar-refractivity contribution in [2.24, 2.45) is 11.8 Å². The van der Waals surface area contributed by atoms with E-state index < -0.39 is 0 Å². The van der Waals surface area contributed by atoms with Crippen LogP contribution in [0, 0.1) is 5.92 Å². The number of hydrazine groups is 1. The number of anilines is 2. The first-order valence-corrected chi connectivity index (χ1v) is 5.77. The van der Waals surface area contributed by atoms with Gasteiger partial charge < -0.3 is 4.90 Å². The van der Waals surface area contributed by atoms with Crippen molar-refractivity contribution in [2.45, 2.75) is 32.7 Å². The lowest BCUT2D eigenvalue weighted by Gasteiger charge is -2.25. The van der Waals surface area contributed by atoms with Gasteiger partial charge in [0.05, 0.1) is 0 Å². The van der Waals surface area contributed by atoms with Crippen LogP contribution in [0.2, 0.25) is 0 Å². The maximum atomic E-state index is 5.32. The zero-order valence-electron chi connectivity index (χ0n) is 9.85. The highest BCUT2D eigenvalue weighted by molar-refractivity contribution is 5.44. The smallest absolute Gasteiger partial charge is 0.239 e. The molecule has 1 saturated carbocycles. The van der Waals surface area contributed by atoms with E-state index in [1.54, 1.807) is 6.20 Å². The van der Waals surface area contributed by atoms with Crippen molar-refractivity contribution in [1.29, 1.82) is 0 Å². The molecule has 5 heteroatoms. The topological polar surface area (TPSA) is 67.1 Å². The minimum Gasteiger partial charge on any atom is -0.353 e. The van der Waals surface area contributed by atoms with E-state index in [0.717, 1.165) is 12.4 Å². The highest BCUT2D eigenvalue weighted by Crippen LogP contribution is 2.31. The summed E-state index contributed by atoms with van der Waals surface area (Å²) in [6.45, 7) is 5.48. The lowest BCUT2D eigenvalue weighted by molar-refractivity contribution is 0.602. The van der Waals surface area contributed by atoms with Crippen molar-refractivity contribution in [3.8, 4) is 0 Å². The van der Waals surface area contributed by atoms with Crippen LogP contribution < -0.4 is 16.2 Å². The Hall–Kier alpha value is -1.36. The van der Waals surface area contributed by atoms with E-state index in [2.05, 4.69) is 34.1 Å². The molecule has 1 aromatic heterocycles. The van der Waals surface area contributed by atoms with E-state index in [0.29, 0.717) is 17.9 Å². The summed E-state index contributed by atoms with van der Waals surface area (Å²) in [6.07, 6.45) is 4.28. The average molecular weight is 221 g/mol. The van der Waals surface area contributed by atoms with E-state index in [-0.39, 0.29) is 0 Å². The van der Waals surface area contributed by atoms with Gasteiger partial charge in [-0.1, -0.05) is 13.8 Å². The molecule has 16 heavy (non-hydrogen) atoms. The van der Waals surface area contributed by atoms with E-state index in [4.69, 9.17) is 5.84 Å². The van der Waals surface area contributed by atoms with Crippen LogP contribution in [-0.4, -0.2) is 22.6 Å². The van der Waals surface area contributed by atoms with Crippen molar-refractivity contribution < 1.29 is 0 Å². The maximum Gasteiger partial charge on any atom is 0.239 e. The van der Waals surface area contributed by atoms with Gasteiger partial charge in [0.25, 0.3) is 0 Å². The van der Waals surface area contributed by atoms with Gasteiger partial charge >= 0.3 is 0 Å². The molecule has 0 aromatic carbocycles. The molecule has 0 radical (unpaired) electrons. The van der Waals surface area contributed by atoms with Gasteiger partial charge in [-0.2, -0.15) is 4.98 Å². The molecule has 1 aliphatic carbocycles. The fraction of sp³-hybridized carbons (Fsp3) is 0.636. The second-order valence-corrected chi connectivity index (χ2v) is 4.66. The third kappa shape index (κ3) is 2.61. The highest BCUT2D eigenvalue weighted by Gasteiger charge is 2.30. The Labute approximate surface area is 96.0 Å². The predicted molar refractivity (Wildman–Crippen MR) is 65.0 cm³/mol. The molecule has 88 valence electrons. The molecule has 0 spiro atoms. The lowest BCUT2D eigenvalue weighted by Crippen LogP contribution is -2.31. The van der Waals surface area contributed by atoms with E-state index >= 15 is 0 Å². The van der Waals surface area contributed by atoms with Crippen LogP contribution in [0.15, 0.2) is 12.3 Å². The number of nitrogens with zero attached hydrogens (tertiary/aromatic N) is 3. The average Bonchev–Trinajstić information content (AvgIpc) is 3.09. The molecular weight excluding hydrogens is 202 g/mol. The molecule has 0 unspecified atom stereocenters. The molecule has 0 amide bonds. The van der Waals surface area contributed by atoms with Crippen LogP contribution in [0.25, 0.3) is 0 Å².